The number of rotatable bonds is 5. The van der Waals surface area contributed by atoms with Crippen molar-refractivity contribution in [2.75, 3.05) is 27.4 Å². The van der Waals surface area contributed by atoms with E-state index in [1.165, 1.54) is 13.2 Å². The second-order valence-corrected chi connectivity index (χ2v) is 5.17. The van der Waals surface area contributed by atoms with E-state index in [9.17, 15) is 4.79 Å². The van der Waals surface area contributed by atoms with Crippen LogP contribution in [0.3, 0.4) is 0 Å². The summed E-state index contributed by atoms with van der Waals surface area (Å²) in [5.74, 6) is 2.36. The minimum absolute atomic E-state index is 0.166. The van der Waals surface area contributed by atoms with Gasteiger partial charge in [0.25, 0.3) is 0 Å². The third kappa shape index (κ3) is 3.35. The lowest BCUT2D eigenvalue weighted by molar-refractivity contribution is 0.104. The van der Waals surface area contributed by atoms with Gasteiger partial charge in [-0.2, -0.15) is 0 Å². The second-order valence-electron chi connectivity index (χ2n) is 5.17. The summed E-state index contributed by atoms with van der Waals surface area (Å²) in [6, 6.07) is 10.7. The number of ether oxygens (including phenoxy) is 4. The van der Waals surface area contributed by atoms with E-state index >= 15 is 0 Å². The van der Waals surface area contributed by atoms with Gasteiger partial charge in [-0.1, -0.05) is 12.1 Å². The first-order valence-electron chi connectivity index (χ1n) is 7.55. The van der Waals surface area contributed by atoms with Gasteiger partial charge in [0.05, 0.1) is 19.8 Å². The first kappa shape index (κ1) is 15.9. The summed E-state index contributed by atoms with van der Waals surface area (Å²) in [4.78, 5) is 12.5. The molecule has 0 fully saturated rings. The van der Waals surface area contributed by atoms with Gasteiger partial charge in [-0.25, -0.2) is 0 Å². The Morgan fingerprint density at radius 3 is 2.54 bits per heavy atom. The second kappa shape index (κ2) is 7.08. The topological polar surface area (TPSA) is 54.0 Å². The summed E-state index contributed by atoms with van der Waals surface area (Å²) in [6.07, 6.45) is 3.24. The van der Waals surface area contributed by atoms with Crippen molar-refractivity contribution < 1.29 is 23.7 Å². The molecule has 0 radical (unpaired) electrons. The molecule has 0 aromatic heterocycles. The Morgan fingerprint density at radius 2 is 1.79 bits per heavy atom. The van der Waals surface area contributed by atoms with Crippen LogP contribution in [0.1, 0.15) is 15.9 Å². The molecule has 2 aromatic rings. The van der Waals surface area contributed by atoms with E-state index in [0.717, 1.165) is 11.3 Å². The molecule has 124 valence electrons. The molecule has 1 aliphatic rings. The predicted octanol–water partition coefficient (Wildman–Crippen LogP) is 3.37. The van der Waals surface area contributed by atoms with Crippen LogP contribution in [-0.2, 0) is 0 Å². The van der Waals surface area contributed by atoms with Crippen LogP contribution in [0, 0.1) is 0 Å². The summed E-state index contributed by atoms with van der Waals surface area (Å²) in [5, 5.41) is 0. The molecule has 5 heteroatoms. The third-order valence-electron chi connectivity index (χ3n) is 3.67. The fraction of sp³-hybridized carbons (Fsp3) is 0.211. The highest BCUT2D eigenvalue weighted by Gasteiger charge is 2.13. The smallest absolute Gasteiger partial charge is 0.189 e. The molecule has 0 atom stereocenters. The van der Waals surface area contributed by atoms with Gasteiger partial charge in [-0.15, -0.1) is 0 Å². The summed E-state index contributed by atoms with van der Waals surface area (Å²) in [5.41, 5.74) is 1.31. The predicted molar refractivity (Wildman–Crippen MR) is 90.3 cm³/mol. The number of hydrogen-bond donors (Lipinski definition) is 0. The molecule has 1 heterocycles. The molecule has 24 heavy (non-hydrogen) atoms. The molecule has 0 aliphatic carbocycles. The van der Waals surface area contributed by atoms with E-state index < -0.39 is 0 Å². The Bertz CT molecular complexity index is 779. The molecular formula is C19H18O5. The SMILES string of the molecule is COc1ccc(OC)c(C(=O)/C=C/c2ccc3c(c2)OCCO3)c1. The van der Waals surface area contributed by atoms with Crippen LogP contribution >= 0.6 is 0 Å². The van der Waals surface area contributed by atoms with Crippen molar-refractivity contribution in [3.8, 4) is 23.0 Å². The fourth-order valence-electron chi connectivity index (χ4n) is 2.43. The quantitative estimate of drug-likeness (QED) is 0.623. The molecule has 3 rings (SSSR count). The van der Waals surface area contributed by atoms with Crippen molar-refractivity contribution in [1.82, 2.24) is 0 Å². The molecule has 5 nitrogen and oxygen atoms in total. The number of carbonyl (C=O) groups is 1. The summed E-state index contributed by atoms with van der Waals surface area (Å²) >= 11 is 0. The molecular weight excluding hydrogens is 308 g/mol. The van der Waals surface area contributed by atoms with Crippen molar-refractivity contribution in [1.29, 1.82) is 0 Å². The van der Waals surface area contributed by atoms with Gasteiger partial charge < -0.3 is 18.9 Å². The maximum Gasteiger partial charge on any atom is 0.189 e. The van der Waals surface area contributed by atoms with Gasteiger partial charge in [0, 0.05) is 0 Å². The molecule has 0 saturated carbocycles. The van der Waals surface area contributed by atoms with Crippen LogP contribution in [0.15, 0.2) is 42.5 Å². The molecule has 2 aromatic carbocycles. The molecule has 0 bridgehead atoms. The van der Waals surface area contributed by atoms with Gasteiger partial charge in [0.1, 0.15) is 24.7 Å². The monoisotopic (exact) mass is 326 g/mol. The van der Waals surface area contributed by atoms with E-state index in [2.05, 4.69) is 0 Å². The fourth-order valence-corrected chi connectivity index (χ4v) is 2.43. The maximum atomic E-state index is 12.5. The number of methoxy groups -OCH3 is 2. The Hall–Kier alpha value is -2.95. The lowest BCUT2D eigenvalue weighted by Gasteiger charge is -2.18. The molecule has 1 aliphatic heterocycles. The van der Waals surface area contributed by atoms with Gasteiger partial charge in [-0.05, 0) is 42.0 Å². The Kier molecular flexibility index (Phi) is 4.70. The van der Waals surface area contributed by atoms with Gasteiger partial charge in [0.15, 0.2) is 17.3 Å². The average Bonchev–Trinajstić information content (AvgIpc) is 2.65. The highest BCUT2D eigenvalue weighted by atomic mass is 16.6. The van der Waals surface area contributed by atoms with Gasteiger partial charge >= 0.3 is 0 Å². The lowest BCUT2D eigenvalue weighted by Crippen LogP contribution is -2.15. The van der Waals surface area contributed by atoms with Crippen molar-refractivity contribution in [2.24, 2.45) is 0 Å². The molecule has 0 saturated heterocycles. The number of carbonyl (C=O) groups excluding carboxylic acids is 1. The van der Waals surface area contributed by atoms with E-state index in [1.807, 2.05) is 18.2 Å². The van der Waals surface area contributed by atoms with Crippen LogP contribution in [0.25, 0.3) is 6.08 Å². The third-order valence-corrected chi connectivity index (χ3v) is 3.67. The highest BCUT2D eigenvalue weighted by Crippen LogP contribution is 2.31. The normalized spacial score (nSPS) is 12.9. The number of benzene rings is 2. The number of ketones is 1. The molecule has 0 amide bonds. The molecule has 0 N–H and O–H groups in total. The van der Waals surface area contributed by atoms with Crippen LogP contribution < -0.4 is 18.9 Å². The summed E-state index contributed by atoms with van der Waals surface area (Å²) in [7, 11) is 3.09. The lowest BCUT2D eigenvalue weighted by atomic mass is 10.1. The Balaban J connectivity index is 1.83. The van der Waals surface area contributed by atoms with Crippen molar-refractivity contribution in [2.45, 2.75) is 0 Å². The van der Waals surface area contributed by atoms with Gasteiger partial charge in [-0.3, -0.25) is 4.79 Å². The zero-order valence-corrected chi connectivity index (χ0v) is 13.6. The van der Waals surface area contributed by atoms with E-state index in [4.69, 9.17) is 18.9 Å². The first-order chi connectivity index (χ1) is 11.7. The summed E-state index contributed by atoms with van der Waals surface area (Å²) < 4.78 is 21.4. The largest absolute Gasteiger partial charge is 0.497 e. The minimum Gasteiger partial charge on any atom is -0.497 e. The number of hydrogen-bond acceptors (Lipinski definition) is 5. The summed E-state index contributed by atoms with van der Waals surface area (Å²) in [6.45, 7) is 1.08. The van der Waals surface area contributed by atoms with Crippen molar-refractivity contribution in [3.63, 3.8) is 0 Å². The Labute approximate surface area is 140 Å². The van der Waals surface area contributed by atoms with Crippen LogP contribution in [0.2, 0.25) is 0 Å². The maximum absolute atomic E-state index is 12.5. The van der Waals surface area contributed by atoms with Gasteiger partial charge in [0.2, 0.25) is 0 Å². The average molecular weight is 326 g/mol. The molecule has 0 spiro atoms. The molecule has 0 unspecified atom stereocenters. The zero-order chi connectivity index (χ0) is 16.9. The first-order valence-corrected chi connectivity index (χ1v) is 7.55. The van der Waals surface area contributed by atoms with E-state index in [1.54, 1.807) is 31.4 Å². The number of allylic oxidation sites excluding steroid dienone is 1. The standard InChI is InChI=1S/C19H18O5/c1-21-14-5-8-17(22-2)15(12-14)16(20)6-3-13-4-7-18-19(11-13)24-10-9-23-18/h3-8,11-12H,9-10H2,1-2H3/b6-3+. The van der Waals surface area contributed by atoms with E-state index in [-0.39, 0.29) is 5.78 Å². The van der Waals surface area contributed by atoms with Crippen molar-refractivity contribution in [3.05, 3.63) is 53.6 Å². The highest BCUT2D eigenvalue weighted by molar-refractivity contribution is 6.08. The van der Waals surface area contributed by atoms with Crippen molar-refractivity contribution >= 4 is 11.9 Å². The van der Waals surface area contributed by atoms with Crippen LogP contribution in [0.5, 0.6) is 23.0 Å². The minimum atomic E-state index is -0.166. The van der Waals surface area contributed by atoms with Crippen LogP contribution in [-0.4, -0.2) is 33.2 Å². The zero-order valence-electron chi connectivity index (χ0n) is 13.6. The Morgan fingerprint density at radius 1 is 1.00 bits per heavy atom. The van der Waals surface area contributed by atoms with Crippen LogP contribution in [0.4, 0.5) is 0 Å². The van der Waals surface area contributed by atoms with E-state index in [0.29, 0.717) is 36.0 Å². The number of fused-ring (bicyclic) bond motifs is 1.